The summed E-state index contributed by atoms with van der Waals surface area (Å²) in [6, 6.07) is 13.2. The van der Waals surface area contributed by atoms with E-state index in [1.54, 1.807) is 0 Å². The van der Waals surface area contributed by atoms with Crippen molar-refractivity contribution in [3.8, 4) is 0 Å². The summed E-state index contributed by atoms with van der Waals surface area (Å²) in [6.07, 6.45) is 0.718. The highest BCUT2D eigenvalue weighted by atomic mass is 16.6. The van der Waals surface area contributed by atoms with Gasteiger partial charge in [0.05, 0.1) is 18.0 Å². The molecule has 25 heavy (non-hydrogen) atoms. The van der Waals surface area contributed by atoms with E-state index < -0.39 is 4.92 Å². The molecule has 6 heteroatoms. The van der Waals surface area contributed by atoms with E-state index in [0.29, 0.717) is 12.0 Å². The van der Waals surface area contributed by atoms with E-state index >= 15 is 0 Å². The number of carbonyl (C=O) groups is 2. The summed E-state index contributed by atoms with van der Waals surface area (Å²) in [5, 5.41) is 10.7. The number of nitro benzene ring substituents is 1. The van der Waals surface area contributed by atoms with Crippen molar-refractivity contribution >= 4 is 17.4 Å². The Bertz CT molecular complexity index is 828. The zero-order valence-corrected chi connectivity index (χ0v) is 13.7. The van der Waals surface area contributed by atoms with Gasteiger partial charge in [0.2, 0.25) is 0 Å². The molecule has 0 unspecified atom stereocenters. The van der Waals surface area contributed by atoms with Gasteiger partial charge in [0.1, 0.15) is 0 Å². The van der Waals surface area contributed by atoms with Crippen molar-refractivity contribution in [1.29, 1.82) is 0 Å². The van der Waals surface area contributed by atoms with Crippen LogP contribution in [-0.2, 0) is 16.0 Å². The molecular formula is C19H17NO5. The number of hydrogen-bond donors (Lipinski definition) is 0. The fourth-order valence-corrected chi connectivity index (χ4v) is 3.42. The summed E-state index contributed by atoms with van der Waals surface area (Å²) in [5.41, 5.74) is 2.39. The number of benzene rings is 2. The van der Waals surface area contributed by atoms with Gasteiger partial charge in [-0.2, -0.15) is 0 Å². The largest absolute Gasteiger partial charge is 0.469 e. The highest BCUT2D eigenvalue weighted by Crippen LogP contribution is 2.41. The summed E-state index contributed by atoms with van der Waals surface area (Å²) >= 11 is 0. The van der Waals surface area contributed by atoms with E-state index in [9.17, 15) is 19.7 Å². The molecule has 3 rings (SSSR count). The Kier molecular flexibility index (Phi) is 4.61. The zero-order chi connectivity index (χ0) is 18.0. The van der Waals surface area contributed by atoms with Gasteiger partial charge in [0.25, 0.3) is 5.69 Å². The molecule has 0 bridgehead atoms. The minimum absolute atomic E-state index is 0.0600. The number of methoxy groups -OCH3 is 1. The number of hydrogen-bond acceptors (Lipinski definition) is 5. The number of Topliss-reactive ketones (excluding diaryl/α,β-unsaturated/α-hetero) is 1. The normalized spacial score (nSPS) is 18.4. The van der Waals surface area contributed by atoms with Crippen LogP contribution in [0.5, 0.6) is 0 Å². The maximum atomic E-state index is 12.6. The highest BCUT2D eigenvalue weighted by Gasteiger charge is 2.38. The van der Waals surface area contributed by atoms with E-state index in [4.69, 9.17) is 4.74 Å². The van der Waals surface area contributed by atoms with Crippen LogP contribution < -0.4 is 0 Å². The second-order valence-corrected chi connectivity index (χ2v) is 6.07. The average Bonchev–Trinajstić information content (AvgIpc) is 2.99. The van der Waals surface area contributed by atoms with Crippen molar-refractivity contribution in [3.63, 3.8) is 0 Å². The number of non-ortho nitro benzene ring substituents is 1. The lowest BCUT2D eigenvalue weighted by Gasteiger charge is -2.18. The Labute approximate surface area is 144 Å². The summed E-state index contributed by atoms with van der Waals surface area (Å²) in [5.74, 6) is -1.10. The van der Waals surface area contributed by atoms with Gasteiger partial charge in [0.15, 0.2) is 5.78 Å². The van der Waals surface area contributed by atoms with Crippen LogP contribution in [0.2, 0.25) is 0 Å². The van der Waals surface area contributed by atoms with Crippen molar-refractivity contribution in [3.05, 3.63) is 75.3 Å². The van der Waals surface area contributed by atoms with Gasteiger partial charge in [-0.3, -0.25) is 19.7 Å². The molecule has 1 aliphatic rings. The van der Waals surface area contributed by atoms with E-state index in [0.717, 1.165) is 11.1 Å². The Balaban J connectivity index is 1.84. The Morgan fingerprint density at radius 1 is 1.16 bits per heavy atom. The quantitative estimate of drug-likeness (QED) is 0.361. The molecular weight excluding hydrogens is 322 g/mol. The standard InChI is InChI=1S/C19H17NO5/c1-25-19(22)17-10-13-4-2-3-5-15(13)16(17)11-18(21)12-6-8-14(9-7-12)20(23)24/h2-9,16-17H,10-11H2,1H3/t16-,17+/m0/s1. The van der Waals surface area contributed by atoms with E-state index in [2.05, 4.69) is 0 Å². The Morgan fingerprint density at radius 3 is 2.48 bits per heavy atom. The van der Waals surface area contributed by atoms with Gasteiger partial charge in [0, 0.05) is 30.0 Å². The van der Waals surface area contributed by atoms with Gasteiger partial charge in [-0.1, -0.05) is 24.3 Å². The first-order valence-electron chi connectivity index (χ1n) is 7.94. The molecule has 0 radical (unpaired) electrons. The Hall–Kier alpha value is -3.02. The van der Waals surface area contributed by atoms with Gasteiger partial charge in [-0.05, 0) is 29.7 Å². The minimum atomic E-state index is -0.505. The maximum absolute atomic E-state index is 12.6. The predicted octanol–water partition coefficient (Wildman–Crippen LogP) is 3.30. The smallest absolute Gasteiger partial charge is 0.309 e. The van der Waals surface area contributed by atoms with Crippen molar-refractivity contribution in [2.24, 2.45) is 5.92 Å². The van der Waals surface area contributed by atoms with E-state index in [1.165, 1.54) is 31.4 Å². The molecule has 2 aromatic carbocycles. The first-order valence-corrected chi connectivity index (χ1v) is 7.94. The monoisotopic (exact) mass is 339 g/mol. The molecule has 0 aliphatic heterocycles. The van der Waals surface area contributed by atoms with Gasteiger partial charge >= 0.3 is 5.97 Å². The van der Waals surface area contributed by atoms with Gasteiger partial charge < -0.3 is 4.74 Å². The van der Waals surface area contributed by atoms with Crippen LogP contribution in [0.25, 0.3) is 0 Å². The molecule has 6 nitrogen and oxygen atoms in total. The molecule has 128 valence electrons. The molecule has 0 N–H and O–H groups in total. The van der Waals surface area contributed by atoms with Crippen LogP contribution in [0.4, 0.5) is 5.69 Å². The number of ether oxygens (including phenoxy) is 1. The predicted molar refractivity (Wildman–Crippen MR) is 90.4 cm³/mol. The number of esters is 1. The number of ketones is 1. The summed E-state index contributed by atoms with van der Waals surface area (Å²) in [6.45, 7) is 0. The second kappa shape index (κ2) is 6.84. The van der Waals surface area contributed by atoms with Crippen LogP contribution in [-0.4, -0.2) is 23.8 Å². The first-order chi connectivity index (χ1) is 12.0. The molecule has 0 fully saturated rings. The van der Waals surface area contributed by atoms with Crippen molar-refractivity contribution in [1.82, 2.24) is 0 Å². The lowest BCUT2D eigenvalue weighted by atomic mass is 9.86. The molecule has 0 aromatic heterocycles. The zero-order valence-electron chi connectivity index (χ0n) is 13.7. The Morgan fingerprint density at radius 2 is 1.84 bits per heavy atom. The molecule has 2 aromatic rings. The number of nitro groups is 1. The molecule has 1 aliphatic carbocycles. The summed E-state index contributed by atoms with van der Waals surface area (Å²) < 4.78 is 4.90. The fraction of sp³-hybridized carbons (Fsp3) is 0.263. The maximum Gasteiger partial charge on any atom is 0.309 e. The second-order valence-electron chi connectivity index (χ2n) is 6.07. The molecule has 0 heterocycles. The van der Waals surface area contributed by atoms with Crippen LogP contribution in [0.3, 0.4) is 0 Å². The van der Waals surface area contributed by atoms with Crippen LogP contribution >= 0.6 is 0 Å². The summed E-state index contributed by atoms with van der Waals surface area (Å²) in [7, 11) is 1.35. The number of carbonyl (C=O) groups excluding carboxylic acids is 2. The number of fused-ring (bicyclic) bond motifs is 1. The lowest BCUT2D eigenvalue weighted by Crippen LogP contribution is -2.22. The van der Waals surface area contributed by atoms with Crippen molar-refractivity contribution in [2.45, 2.75) is 18.8 Å². The third-order valence-electron chi connectivity index (χ3n) is 4.69. The molecule has 0 saturated heterocycles. The van der Waals surface area contributed by atoms with Gasteiger partial charge in [-0.15, -0.1) is 0 Å². The summed E-state index contributed by atoms with van der Waals surface area (Å²) in [4.78, 5) is 35.0. The highest BCUT2D eigenvalue weighted by molar-refractivity contribution is 5.97. The fourth-order valence-electron chi connectivity index (χ4n) is 3.42. The van der Waals surface area contributed by atoms with Crippen molar-refractivity contribution < 1.29 is 19.2 Å². The lowest BCUT2D eigenvalue weighted by molar-refractivity contribution is -0.384. The first kappa shape index (κ1) is 16.8. The van der Waals surface area contributed by atoms with Crippen molar-refractivity contribution in [2.75, 3.05) is 7.11 Å². The minimum Gasteiger partial charge on any atom is -0.469 e. The van der Waals surface area contributed by atoms with Crippen LogP contribution in [0, 0.1) is 16.0 Å². The number of rotatable bonds is 5. The molecule has 2 atom stereocenters. The van der Waals surface area contributed by atoms with E-state index in [-0.39, 0.29) is 35.7 Å². The third kappa shape index (κ3) is 3.28. The van der Waals surface area contributed by atoms with E-state index in [1.807, 2.05) is 24.3 Å². The average molecular weight is 339 g/mol. The number of nitrogens with zero attached hydrogens (tertiary/aromatic N) is 1. The SMILES string of the molecule is COC(=O)[C@@H]1Cc2ccccc2[C@@H]1CC(=O)c1ccc([N+](=O)[O-])cc1. The van der Waals surface area contributed by atoms with Crippen LogP contribution in [0.15, 0.2) is 48.5 Å². The molecule has 0 spiro atoms. The molecule has 0 amide bonds. The van der Waals surface area contributed by atoms with Crippen LogP contribution in [0.1, 0.15) is 33.8 Å². The third-order valence-corrected chi connectivity index (χ3v) is 4.69. The van der Waals surface area contributed by atoms with Gasteiger partial charge in [-0.25, -0.2) is 0 Å². The topological polar surface area (TPSA) is 86.5 Å². The molecule has 0 saturated carbocycles.